The molecule has 3 rings (SSSR count). The number of rotatable bonds is 7. The average molecular weight is 392 g/mol. The second-order valence-electron chi connectivity index (χ2n) is 5.72. The molecular formula is C18H17N4NaO3S. The van der Waals surface area contributed by atoms with E-state index in [-0.39, 0.29) is 34.5 Å². The van der Waals surface area contributed by atoms with Crippen molar-refractivity contribution in [1.82, 2.24) is 19.9 Å². The molecule has 0 aromatic carbocycles. The molecule has 0 bridgehead atoms. The molecule has 0 radical (unpaired) electrons. The van der Waals surface area contributed by atoms with Gasteiger partial charge in [-0.25, -0.2) is 8.42 Å². The van der Waals surface area contributed by atoms with Crippen molar-refractivity contribution in [2.75, 3.05) is 0 Å². The molecule has 0 aliphatic rings. The van der Waals surface area contributed by atoms with Crippen molar-refractivity contribution in [2.45, 2.75) is 24.5 Å². The summed E-state index contributed by atoms with van der Waals surface area (Å²) in [6, 6.07) is 13.8. The van der Waals surface area contributed by atoms with Crippen LogP contribution in [0.15, 0.2) is 72.0 Å². The normalized spacial score (nSPS) is 11.2. The monoisotopic (exact) mass is 392 g/mol. The van der Waals surface area contributed by atoms with Crippen LogP contribution in [-0.4, -0.2) is 32.8 Å². The number of aromatic nitrogens is 3. The number of nitrogens with zero attached hydrogens (tertiary/aromatic N) is 4. The van der Waals surface area contributed by atoms with Crippen LogP contribution in [0.25, 0.3) is 0 Å². The van der Waals surface area contributed by atoms with E-state index < -0.39 is 10.1 Å². The van der Waals surface area contributed by atoms with Gasteiger partial charge in [0.15, 0.2) is 0 Å². The third kappa shape index (κ3) is 6.76. The molecule has 7 nitrogen and oxygen atoms in total. The summed E-state index contributed by atoms with van der Waals surface area (Å²) in [5, 5.41) is 0. The van der Waals surface area contributed by atoms with E-state index in [2.05, 4.69) is 15.0 Å². The Bertz CT molecular complexity index is 915. The summed E-state index contributed by atoms with van der Waals surface area (Å²) in [5.41, 5.74) is 2.24. The van der Waals surface area contributed by atoms with Crippen LogP contribution >= 0.6 is 0 Å². The maximum Gasteiger partial charge on any atom is 1.00 e. The molecule has 3 aromatic heterocycles. The Morgan fingerprint density at radius 3 is 1.78 bits per heavy atom. The Morgan fingerprint density at radius 1 is 0.778 bits per heavy atom. The van der Waals surface area contributed by atoms with E-state index in [0.29, 0.717) is 25.3 Å². The molecule has 0 N–H and O–H groups in total. The third-order valence-corrected chi connectivity index (χ3v) is 4.52. The Morgan fingerprint density at radius 2 is 1.30 bits per heavy atom. The van der Waals surface area contributed by atoms with Gasteiger partial charge in [-0.1, -0.05) is 12.1 Å². The zero-order valence-electron chi connectivity index (χ0n) is 14.9. The first kappa shape index (κ1) is 21.6. The van der Waals surface area contributed by atoms with Gasteiger partial charge in [0.05, 0.1) is 22.0 Å². The smallest absolute Gasteiger partial charge is 0.744 e. The molecule has 27 heavy (non-hydrogen) atoms. The summed E-state index contributed by atoms with van der Waals surface area (Å²) < 4.78 is 33.7. The molecule has 9 heteroatoms. The molecule has 0 aliphatic heterocycles. The van der Waals surface area contributed by atoms with Crippen molar-refractivity contribution < 1.29 is 42.5 Å². The van der Waals surface area contributed by atoms with Crippen LogP contribution in [0.2, 0.25) is 0 Å². The molecule has 0 amide bonds. The van der Waals surface area contributed by atoms with E-state index in [4.69, 9.17) is 0 Å². The molecule has 0 spiro atoms. The zero-order valence-corrected chi connectivity index (χ0v) is 17.7. The maximum absolute atomic E-state index is 11.2. The van der Waals surface area contributed by atoms with Crippen molar-refractivity contribution in [3.05, 3.63) is 84.2 Å². The van der Waals surface area contributed by atoms with Gasteiger partial charge in [0.25, 0.3) is 0 Å². The minimum absolute atomic E-state index is 0. The molecule has 0 saturated heterocycles. The van der Waals surface area contributed by atoms with Crippen molar-refractivity contribution in [3.63, 3.8) is 0 Å². The van der Waals surface area contributed by atoms with Gasteiger partial charge < -0.3 is 4.55 Å². The topological polar surface area (TPSA) is 99.1 Å². The average Bonchev–Trinajstić information content (AvgIpc) is 2.63. The van der Waals surface area contributed by atoms with Crippen LogP contribution in [-0.2, 0) is 29.8 Å². The van der Waals surface area contributed by atoms with Gasteiger partial charge in [-0.3, -0.25) is 19.9 Å². The first-order valence-electron chi connectivity index (χ1n) is 7.94. The van der Waals surface area contributed by atoms with E-state index in [9.17, 15) is 13.0 Å². The van der Waals surface area contributed by atoms with Gasteiger partial charge in [-0.15, -0.1) is 0 Å². The standard InChI is InChI=1S/C18H18N4O3S.Na/c23-26(24,25)18-7-10-21-17(11-18)14-22(12-15-5-1-3-8-19-15)13-16-6-2-4-9-20-16;/h1-11H,12-14H2,(H,23,24,25);/q;+1/p-1. The van der Waals surface area contributed by atoms with Crippen molar-refractivity contribution in [1.29, 1.82) is 0 Å². The van der Waals surface area contributed by atoms with E-state index in [0.717, 1.165) is 11.4 Å². The molecule has 3 heterocycles. The summed E-state index contributed by atoms with van der Waals surface area (Å²) >= 11 is 0. The Kier molecular flexibility index (Phi) is 8.03. The predicted molar refractivity (Wildman–Crippen MR) is 93.6 cm³/mol. The van der Waals surface area contributed by atoms with Gasteiger partial charge in [0.2, 0.25) is 0 Å². The molecule has 3 aromatic rings. The van der Waals surface area contributed by atoms with Crippen LogP contribution in [0.1, 0.15) is 17.1 Å². The SMILES string of the molecule is O=S(=O)([O-])c1ccnc(CN(Cc2ccccn2)Cc2ccccn2)c1.[Na+]. The molecule has 0 saturated carbocycles. The summed E-state index contributed by atoms with van der Waals surface area (Å²) in [5.74, 6) is 0. The van der Waals surface area contributed by atoms with Crippen molar-refractivity contribution >= 4 is 10.1 Å². The molecule has 0 fully saturated rings. The van der Waals surface area contributed by atoms with Crippen LogP contribution in [0, 0.1) is 0 Å². The largest absolute Gasteiger partial charge is 1.00 e. The van der Waals surface area contributed by atoms with E-state index in [1.165, 1.54) is 18.3 Å². The van der Waals surface area contributed by atoms with E-state index in [1.54, 1.807) is 12.4 Å². The van der Waals surface area contributed by atoms with Crippen LogP contribution in [0.3, 0.4) is 0 Å². The summed E-state index contributed by atoms with van der Waals surface area (Å²) in [4.78, 5) is 14.6. The van der Waals surface area contributed by atoms with Crippen molar-refractivity contribution in [2.24, 2.45) is 0 Å². The van der Waals surface area contributed by atoms with Gasteiger partial charge in [-0.05, 0) is 36.4 Å². The Balaban J connectivity index is 0.00000261. The third-order valence-electron chi connectivity index (χ3n) is 3.69. The maximum atomic E-state index is 11.2. The minimum atomic E-state index is -4.51. The fourth-order valence-corrected chi connectivity index (χ4v) is 3.04. The van der Waals surface area contributed by atoms with Crippen molar-refractivity contribution in [3.8, 4) is 0 Å². The predicted octanol–water partition coefficient (Wildman–Crippen LogP) is -1.02. The second-order valence-corrected chi connectivity index (χ2v) is 7.10. The Hall–Kier alpha value is -1.68. The fourth-order valence-electron chi connectivity index (χ4n) is 2.54. The van der Waals surface area contributed by atoms with Gasteiger partial charge in [0, 0.05) is 38.2 Å². The first-order chi connectivity index (χ1) is 12.5. The van der Waals surface area contributed by atoms with E-state index >= 15 is 0 Å². The number of pyridine rings is 3. The number of hydrogen-bond donors (Lipinski definition) is 0. The summed E-state index contributed by atoms with van der Waals surface area (Å²) in [7, 11) is -4.51. The van der Waals surface area contributed by atoms with Crippen LogP contribution in [0.5, 0.6) is 0 Å². The van der Waals surface area contributed by atoms with Crippen LogP contribution < -0.4 is 29.6 Å². The molecule has 0 aliphatic carbocycles. The molecule has 134 valence electrons. The molecule has 0 unspecified atom stereocenters. The summed E-state index contributed by atoms with van der Waals surface area (Å²) in [6.45, 7) is 1.43. The van der Waals surface area contributed by atoms with Gasteiger partial charge >= 0.3 is 29.6 Å². The number of hydrogen-bond acceptors (Lipinski definition) is 7. The van der Waals surface area contributed by atoms with Gasteiger partial charge in [-0.2, -0.15) is 0 Å². The first-order valence-corrected chi connectivity index (χ1v) is 9.34. The fraction of sp³-hybridized carbons (Fsp3) is 0.167. The Labute approximate surface area is 180 Å². The zero-order chi connectivity index (χ0) is 18.4. The quantitative estimate of drug-likeness (QED) is 0.375. The van der Waals surface area contributed by atoms with Crippen LogP contribution in [0.4, 0.5) is 0 Å². The second kappa shape index (κ2) is 10.0. The molecule has 0 atom stereocenters. The molecular weight excluding hydrogens is 375 g/mol. The summed E-state index contributed by atoms with van der Waals surface area (Å²) in [6.07, 6.45) is 4.77. The minimum Gasteiger partial charge on any atom is -0.744 e. The van der Waals surface area contributed by atoms with E-state index in [1.807, 2.05) is 41.3 Å². The van der Waals surface area contributed by atoms with Gasteiger partial charge in [0.1, 0.15) is 10.1 Å².